The van der Waals surface area contributed by atoms with Crippen LogP contribution in [0.5, 0.6) is 0 Å². The van der Waals surface area contributed by atoms with Crippen LogP contribution >= 0.6 is 11.8 Å². The van der Waals surface area contributed by atoms with E-state index in [1.54, 1.807) is 11.8 Å². The number of hydrogen-bond donors (Lipinski definition) is 1. The molecule has 6 nitrogen and oxygen atoms in total. The third-order valence-electron chi connectivity index (χ3n) is 4.50. The molecule has 2 aromatic carbocycles. The Labute approximate surface area is 155 Å². The number of oxazole rings is 1. The van der Waals surface area contributed by atoms with Crippen molar-refractivity contribution in [1.82, 2.24) is 9.29 Å². The Morgan fingerprint density at radius 2 is 1.92 bits per heavy atom. The van der Waals surface area contributed by atoms with E-state index in [9.17, 15) is 13.2 Å². The molecule has 8 heteroatoms. The number of H-pyrrole nitrogens is 1. The van der Waals surface area contributed by atoms with Crippen molar-refractivity contribution >= 4 is 32.9 Å². The average molecular weight is 390 g/mol. The first kappa shape index (κ1) is 17.4. The van der Waals surface area contributed by atoms with Crippen molar-refractivity contribution in [3.63, 3.8) is 0 Å². The molecular weight excluding hydrogens is 372 g/mol. The van der Waals surface area contributed by atoms with Crippen LogP contribution in [0, 0.1) is 0 Å². The minimum atomic E-state index is -3.62. The van der Waals surface area contributed by atoms with Gasteiger partial charge in [-0.3, -0.25) is 4.98 Å². The van der Waals surface area contributed by atoms with Gasteiger partial charge in [-0.05, 0) is 30.2 Å². The summed E-state index contributed by atoms with van der Waals surface area (Å²) in [4.78, 5) is 14.0. The molecule has 0 aliphatic carbocycles. The predicted molar refractivity (Wildman–Crippen MR) is 102 cm³/mol. The second-order valence-electron chi connectivity index (χ2n) is 6.14. The molecule has 1 N–H and O–H groups in total. The van der Waals surface area contributed by atoms with Gasteiger partial charge in [-0.2, -0.15) is 16.1 Å². The van der Waals surface area contributed by atoms with Crippen LogP contribution in [0.3, 0.4) is 0 Å². The zero-order chi connectivity index (χ0) is 18.1. The topological polar surface area (TPSA) is 83.4 Å². The molecule has 1 aliphatic rings. The molecule has 0 unspecified atom stereocenters. The van der Waals surface area contributed by atoms with Gasteiger partial charge < -0.3 is 4.42 Å². The molecule has 1 fully saturated rings. The average Bonchev–Trinajstić information content (AvgIpc) is 2.85. The van der Waals surface area contributed by atoms with Crippen molar-refractivity contribution in [2.75, 3.05) is 18.8 Å². The Morgan fingerprint density at radius 3 is 2.73 bits per heavy atom. The molecule has 3 aromatic rings. The minimum absolute atomic E-state index is 0.171. The molecule has 0 radical (unpaired) electrons. The predicted octanol–water partition coefficient (Wildman–Crippen LogP) is 2.99. The summed E-state index contributed by atoms with van der Waals surface area (Å²) in [5.41, 5.74) is 1.97. The number of sulfonamides is 1. The molecule has 136 valence electrons. The molecule has 1 aliphatic heterocycles. The lowest BCUT2D eigenvalue weighted by Gasteiger charge is -2.20. The largest absolute Gasteiger partial charge is 0.417 e. The molecule has 4 rings (SSSR count). The fourth-order valence-corrected chi connectivity index (χ4v) is 5.99. The van der Waals surface area contributed by atoms with E-state index in [1.807, 2.05) is 18.2 Å². The summed E-state index contributed by atoms with van der Waals surface area (Å²) in [6, 6.07) is 14.6. The normalized spacial score (nSPS) is 19.5. The summed E-state index contributed by atoms with van der Waals surface area (Å²) in [7, 11) is -3.62. The van der Waals surface area contributed by atoms with Crippen LogP contribution in [0.25, 0.3) is 11.1 Å². The zero-order valence-corrected chi connectivity index (χ0v) is 15.6. The Balaban J connectivity index is 1.58. The molecular formula is C18H18N2O4S2. The maximum Gasteiger partial charge on any atom is 0.417 e. The Kier molecular flexibility index (Phi) is 4.64. The van der Waals surface area contributed by atoms with Crippen LogP contribution in [-0.4, -0.2) is 36.5 Å². The second kappa shape index (κ2) is 6.94. The van der Waals surface area contributed by atoms with E-state index in [0.717, 1.165) is 12.2 Å². The first-order valence-electron chi connectivity index (χ1n) is 8.33. The van der Waals surface area contributed by atoms with Gasteiger partial charge in [0.15, 0.2) is 5.58 Å². The monoisotopic (exact) mass is 390 g/mol. The van der Waals surface area contributed by atoms with Crippen LogP contribution < -0.4 is 5.76 Å². The molecule has 0 amide bonds. The lowest BCUT2D eigenvalue weighted by molar-refractivity contribution is 0.428. The van der Waals surface area contributed by atoms with E-state index in [-0.39, 0.29) is 4.90 Å². The molecule has 1 atom stereocenters. The highest BCUT2D eigenvalue weighted by atomic mass is 32.2. The molecule has 1 saturated heterocycles. The highest BCUT2D eigenvalue weighted by molar-refractivity contribution is 7.99. The fraction of sp³-hybridized carbons (Fsp3) is 0.278. The lowest BCUT2D eigenvalue weighted by atomic mass is 10.1. The number of benzene rings is 2. The number of fused-ring (bicyclic) bond motifs is 1. The van der Waals surface area contributed by atoms with Crippen molar-refractivity contribution in [2.45, 2.75) is 16.6 Å². The second-order valence-corrected chi connectivity index (χ2v) is 9.38. The van der Waals surface area contributed by atoms with Gasteiger partial charge in [0.1, 0.15) is 0 Å². The van der Waals surface area contributed by atoms with Gasteiger partial charge in [-0.25, -0.2) is 13.2 Å². The van der Waals surface area contributed by atoms with Gasteiger partial charge in [0.05, 0.1) is 10.4 Å². The van der Waals surface area contributed by atoms with Crippen LogP contribution in [0.15, 0.2) is 62.6 Å². The third kappa shape index (κ3) is 3.32. The highest BCUT2D eigenvalue weighted by Crippen LogP contribution is 2.35. The first-order chi connectivity index (χ1) is 12.5. The minimum Gasteiger partial charge on any atom is -0.408 e. The van der Waals surface area contributed by atoms with Crippen molar-refractivity contribution in [3.05, 3.63) is 64.6 Å². The number of nitrogens with one attached hydrogen (secondary N) is 1. The van der Waals surface area contributed by atoms with Gasteiger partial charge in [0.25, 0.3) is 0 Å². The number of aromatic amines is 1. The van der Waals surface area contributed by atoms with Crippen molar-refractivity contribution in [1.29, 1.82) is 0 Å². The van der Waals surface area contributed by atoms with E-state index in [2.05, 4.69) is 17.1 Å². The van der Waals surface area contributed by atoms with Gasteiger partial charge in [-0.15, -0.1) is 0 Å². The van der Waals surface area contributed by atoms with E-state index in [1.165, 1.54) is 28.1 Å². The maximum atomic E-state index is 13.0. The molecule has 0 bridgehead atoms. The highest BCUT2D eigenvalue weighted by Gasteiger charge is 2.28. The lowest BCUT2D eigenvalue weighted by Crippen LogP contribution is -2.33. The van der Waals surface area contributed by atoms with Crippen LogP contribution in [0.2, 0.25) is 0 Å². The van der Waals surface area contributed by atoms with Crippen LogP contribution in [-0.2, 0) is 10.0 Å². The molecule has 26 heavy (non-hydrogen) atoms. The fourth-order valence-electron chi connectivity index (χ4n) is 3.16. The van der Waals surface area contributed by atoms with E-state index < -0.39 is 15.8 Å². The Hall–Kier alpha value is -2.03. The number of aromatic nitrogens is 1. The summed E-state index contributed by atoms with van der Waals surface area (Å²) in [5.74, 6) is 0.148. The van der Waals surface area contributed by atoms with Crippen molar-refractivity contribution in [2.24, 2.45) is 0 Å². The summed E-state index contributed by atoms with van der Waals surface area (Å²) < 4.78 is 32.5. The summed E-state index contributed by atoms with van der Waals surface area (Å²) in [5, 5.41) is 0.295. The molecule has 1 aromatic heterocycles. The van der Waals surface area contributed by atoms with E-state index in [0.29, 0.717) is 29.4 Å². The third-order valence-corrected chi connectivity index (χ3v) is 7.72. The van der Waals surface area contributed by atoms with Gasteiger partial charge in [-0.1, -0.05) is 30.3 Å². The Morgan fingerprint density at radius 1 is 1.12 bits per heavy atom. The summed E-state index contributed by atoms with van der Waals surface area (Å²) in [6.45, 7) is 0.936. The molecule has 0 spiro atoms. The standard InChI is InChI=1S/C18H18N2O4S2/c21-18-19-15-12-14(6-7-16(15)24-18)26(22,23)20-9-8-17(25-11-10-20)13-4-2-1-3-5-13/h1-7,12,17H,8-11H2,(H,19,21)/t17-/m0/s1. The maximum absolute atomic E-state index is 13.0. The number of nitrogens with zero attached hydrogens (tertiary/aromatic N) is 1. The summed E-state index contributed by atoms with van der Waals surface area (Å²) >= 11 is 1.79. The zero-order valence-electron chi connectivity index (χ0n) is 13.9. The molecule has 0 saturated carbocycles. The van der Waals surface area contributed by atoms with Gasteiger partial charge >= 0.3 is 5.76 Å². The van der Waals surface area contributed by atoms with Crippen molar-refractivity contribution in [3.8, 4) is 0 Å². The van der Waals surface area contributed by atoms with E-state index in [4.69, 9.17) is 4.42 Å². The first-order valence-corrected chi connectivity index (χ1v) is 10.8. The number of hydrogen-bond acceptors (Lipinski definition) is 5. The van der Waals surface area contributed by atoms with Crippen LogP contribution in [0.4, 0.5) is 0 Å². The Bertz CT molecular complexity index is 1070. The number of rotatable bonds is 3. The van der Waals surface area contributed by atoms with E-state index >= 15 is 0 Å². The van der Waals surface area contributed by atoms with Gasteiger partial charge in [0, 0.05) is 24.1 Å². The van der Waals surface area contributed by atoms with Gasteiger partial charge in [0.2, 0.25) is 10.0 Å². The quantitative estimate of drug-likeness (QED) is 0.743. The smallest absolute Gasteiger partial charge is 0.408 e. The van der Waals surface area contributed by atoms with Crippen LogP contribution in [0.1, 0.15) is 17.2 Å². The number of thioether (sulfide) groups is 1. The SMILES string of the molecule is O=c1[nH]c2cc(S(=O)(=O)N3CCS[C@H](c4ccccc4)CC3)ccc2o1. The summed E-state index contributed by atoms with van der Waals surface area (Å²) in [6.07, 6.45) is 0.763. The van der Waals surface area contributed by atoms with Crippen molar-refractivity contribution < 1.29 is 12.8 Å². The molecule has 2 heterocycles.